The maximum atomic E-state index is 12.1. The van der Waals surface area contributed by atoms with Gasteiger partial charge in [0.05, 0.1) is 5.56 Å². The van der Waals surface area contributed by atoms with E-state index >= 15 is 0 Å². The molecule has 0 saturated heterocycles. The van der Waals surface area contributed by atoms with E-state index < -0.39 is 6.10 Å². The van der Waals surface area contributed by atoms with Gasteiger partial charge in [0.2, 0.25) is 5.78 Å². The van der Waals surface area contributed by atoms with Crippen molar-refractivity contribution in [3.63, 3.8) is 0 Å². The first-order chi connectivity index (χ1) is 9.15. The highest BCUT2D eigenvalue weighted by molar-refractivity contribution is 6.16. The summed E-state index contributed by atoms with van der Waals surface area (Å²) in [5.41, 5.74) is 3.55. The maximum absolute atomic E-state index is 12.1. The summed E-state index contributed by atoms with van der Waals surface area (Å²) >= 11 is 0. The average Bonchev–Trinajstić information content (AvgIpc) is 2.68. The monoisotopic (exact) mass is 254 g/mol. The fourth-order valence-corrected chi connectivity index (χ4v) is 2.83. The molecule has 3 aliphatic carbocycles. The molecule has 4 heteroatoms. The molecular weight excluding hydrogens is 244 g/mol. The molecular formula is C15H10O4. The van der Waals surface area contributed by atoms with Crippen LogP contribution >= 0.6 is 0 Å². The van der Waals surface area contributed by atoms with Crippen molar-refractivity contribution in [1.82, 2.24) is 0 Å². The van der Waals surface area contributed by atoms with Crippen LogP contribution < -0.4 is 9.47 Å². The summed E-state index contributed by atoms with van der Waals surface area (Å²) in [4.78, 5) is 23.3. The van der Waals surface area contributed by atoms with Gasteiger partial charge in [-0.3, -0.25) is 9.59 Å². The standard InChI is InChI=1S/C15H10O4/c1-7(16)18-10-3-2-4-11-13(10)12-8-5-9(6-8)14(17)15(12)19-11/h2-5,15H,6H2,1H3. The molecule has 1 aliphatic heterocycles. The number of benzene rings is 1. The summed E-state index contributed by atoms with van der Waals surface area (Å²) in [7, 11) is 0. The number of fused-ring (bicyclic) bond motifs is 1. The molecule has 94 valence electrons. The molecule has 0 aromatic heterocycles. The molecule has 5 rings (SSSR count). The first-order valence-electron chi connectivity index (χ1n) is 6.11. The van der Waals surface area contributed by atoms with Gasteiger partial charge in [-0.2, -0.15) is 0 Å². The molecule has 1 aromatic rings. The lowest BCUT2D eigenvalue weighted by atomic mass is 9.74. The maximum Gasteiger partial charge on any atom is 0.308 e. The fourth-order valence-electron chi connectivity index (χ4n) is 2.83. The molecule has 0 fully saturated rings. The van der Waals surface area contributed by atoms with Crippen LogP contribution in [0.15, 0.2) is 35.4 Å². The molecule has 4 aliphatic rings. The molecule has 19 heavy (non-hydrogen) atoms. The van der Waals surface area contributed by atoms with Gasteiger partial charge in [-0.15, -0.1) is 0 Å². The molecule has 0 N–H and O–H groups in total. The summed E-state index contributed by atoms with van der Waals surface area (Å²) in [5.74, 6) is 0.720. The largest absolute Gasteiger partial charge is 0.477 e. The smallest absolute Gasteiger partial charge is 0.308 e. The van der Waals surface area contributed by atoms with Crippen molar-refractivity contribution in [3.05, 3.63) is 41.0 Å². The van der Waals surface area contributed by atoms with Gasteiger partial charge >= 0.3 is 5.97 Å². The molecule has 1 atom stereocenters. The van der Waals surface area contributed by atoms with Crippen molar-refractivity contribution in [3.8, 4) is 11.5 Å². The number of allylic oxidation sites excluding steroid dienone is 2. The van der Waals surface area contributed by atoms with E-state index in [1.54, 1.807) is 18.2 Å². The Kier molecular flexibility index (Phi) is 1.86. The predicted molar refractivity (Wildman–Crippen MR) is 66.8 cm³/mol. The van der Waals surface area contributed by atoms with Gasteiger partial charge in [0.15, 0.2) is 6.10 Å². The highest BCUT2D eigenvalue weighted by atomic mass is 16.5. The quantitative estimate of drug-likeness (QED) is 0.568. The zero-order valence-electron chi connectivity index (χ0n) is 10.2. The van der Waals surface area contributed by atoms with Crippen molar-refractivity contribution >= 4 is 17.3 Å². The van der Waals surface area contributed by atoms with E-state index in [4.69, 9.17) is 9.47 Å². The van der Waals surface area contributed by atoms with Crippen LogP contribution in [0, 0.1) is 0 Å². The fraction of sp³-hybridized carbons (Fsp3) is 0.200. The van der Waals surface area contributed by atoms with Crippen molar-refractivity contribution in [2.45, 2.75) is 19.4 Å². The van der Waals surface area contributed by atoms with Gasteiger partial charge in [-0.1, -0.05) is 12.1 Å². The third kappa shape index (κ3) is 1.28. The molecule has 0 spiro atoms. The van der Waals surface area contributed by atoms with Crippen molar-refractivity contribution in [2.75, 3.05) is 0 Å². The Morgan fingerprint density at radius 3 is 2.95 bits per heavy atom. The second kappa shape index (κ2) is 3.35. The third-order valence-electron chi connectivity index (χ3n) is 3.65. The number of carbonyl (C=O) groups is 2. The summed E-state index contributed by atoms with van der Waals surface area (Å²) in [6, 6.07) is 5.27. The number of carbonyl (C=O) groups excluding carboxylic acids is 2. The second-order valence-corrected chi connectivity index (χ2v) is 4.87. The van der Waals surface area contributed by atoms with Gasteiger partial charge in [0, 0.05) is 24.5 Å². The van der Waals surface area contributed by atoms with E-state index in [-0.39, 0.29) is 11.8 Å². The lowest BCUT2D eigenvalue weighted by molar-refractivity contribution is -0.131. The highest BCUT2D eigenvalue weighted by Gasteiger charge is 2.46. The minimum atomic E-state index is -0.546. The average molecular weight is 254 g/mol. The van der Waals surface area contributed by atoms with Crippen molar-refractivity contribution < 1.29 is 19.1 Å². The molecule has 0 saturated carbocycles. The summed E-state index contributed by atoms with van der Waals surface area (Å²) in [6.07, 6.45) is 2.05. The Morgan fingerprint density at radius 1 is 1.42 bits per heavy atom. The van der Waals surface area contributed by atoms with E-state index in [0.717, 1.165) is 22.3 Å². The van der Waals surface area contributed by atoms with Gasteiger partial charge in [-0.05, 0) is 17.7 Å². The molecule has 2 bridgehead atoms. The summed E-state index contributed by atoms with van der Waals surface area (Å²) in [5, 5.41) is 0. The first kappa shape index (κ1) is 10.6. The van der Waals surface area contributed by atoms with Crippen molar-refractivity contribution in [2.24, 2.45) is 0 Å². The van der Waals surface area contributed by atoms with Gasteiger partial charge in [0.25, 0.3) is 0 Å². The number of rotatable bonds is 1. The Balaban J connectivity index is 1.92. The van der Waals surface area contributed by atoms with E-state index in [9.17, 15) is 9.59 Å². The summed E-state index contributed by atoms with van der Waals surface area (Å²) in [6.45, 7) is 1.36. The van der Waals surface area contributed by atoms with Crippen LogP contribution in [0.1, 0.15) is 18.9 Å². The number of hydrogen-bond acceptors (Lipinski definition) is 4. The highest BCUT2D eigenvalue weighted by Crippen LogP contribution is 2.52. The van der Waals surface area contributed by atoms with Crippen molar-refractivity contribution in [1.29, 1.82) is 0 Å². The SMILES string of the molecule is CC(=O)Oc1cccc2c1C1=C3C=C(C3)C(=O)C1O2. The van der Waals surface area contributed by atoms with E-state index in [1.807, 2.05) is 6.08 Å². The van der Waals surface area contributed by atoms with E-state index in [2.05, 4.69) is 0 Å². The second-order valence-electron chi connectivity index (χ2n) is 4.87. The molecule has 1 heterocycles. The van der Waals surface area contributed by atoms with Crippen LogP contribution in [0.25, 0.3) is 5.57 Å². The number of esters is 1. The Morgan fingerprint density at radius 2 is 2.21 bits per heavy atom. The minimum absolute atomic E-state index is 0.0231. The van der Waals surface area contributed by atoms with Crippen LogP contribution in [-0.4, -0.2) is 17.9 Å². The first-order valence-corrected chi connectivity index (χ1v) is 6.11. The molecule has 0 radical (unpaired) electrons. The van der Waals surface area contributed by atoms with Crippen LogP contribution in [0.2, 0.25) is 0 Å². The minimum Gasteiger partial charge on any atom is -0.477 e. The Bertz CT molecular complexity index is 709. The zero-order chi connectivity index (χ0) is 13.1. The number of Topliss-reactive ketones (excluding diaryl/α,β-unsaturated/α-hetero) is 1. The molecule has 1 unspecified atom stereocenters. The third-order valence-corrected chi connectivity index (χ3v) is 3.65. The van der Waals surface area contributed by atoms with Crippen LogP contribution in [0.5, 0.6) is 11.5 Å². The summed E-state index contributed by atoms with van der Waals surface area (Å²) < 4.78 is 10.9. The Hall–Kier alpha value is -2.36. The zero-order valence-corrected chi connectivity index (χ0v) is 10.2. The van der Waals surface area contributed by atoms with E-state index in [1.165, 1.54) is 6.92 Å². The number of ketones is 1. The topological polar surface area (TPSA) is 52.6 Å². The van der Waals surface area contributed by atoms with Crippen LogP contribution in [0.4, 0.5) is 0 Å². The normalized spacial score (nSPS) is 22.1. The molecule has 1 aromatic carbocycles. The van der Waals surface area contributed by atoms with Crippen LogP contribution in [0.3, 0.4) is 0 Å². The van der Waals surface area contributed by atoms with Gasteiger partial charge in [0.1, 0.15) is 11.5 Å². The lowest BCUT2D eigenvalue weighted by Gasteiger charge is -2.29. The van der Waals surface area contributed by atoms with E-state index in [0.29, 0.717) is 17.9 Å². The van der Waals surface area contributed by atoms with Gasteiger partial charge < -0.3 is 9.47 Å². The van der Waals surface area contributed by atoms with Gasteiger partial charge in [-0.25, -0.2) is 0 Å². The Labute approximate surface area is 109 Å². The molecule has 0 amide bonds. The van der Waals surface area contributed by atoms with Crippen LogP contribution in [-0.2, 0) is 9.59 Å². The predicted octanol–water partition coefficient (Wildman–Crippen LogP) is 2.04. The number of ether oxygens (including phenoxy) is 2. The lowest BCUT2D eigenvalue weighted by Crippen LogP contribution is -2.34. The number of hydrogen-bond donors (Lipinski definition) is 0. The molecule has 4 nitrogen and oxygen atoms in total.